The normalized spacial score (nSPS) is 10.2. The third-order valence-electron chi connectivity index (χ3n) is 3.02. The number of ether oxygens (including phenoxy) is 1. The highest BCUT2D eigenvalue weighted by molar-refractivity contribution is 7.57. The minimum Gasteiger partial charge on any atom is -0.466 e. The predicted octanol–water partition coefficient (Wildman–Crippen LogP) is 6.25. The fourth-order valence-electron chi connectivity index (χ4n) is 1.74. The number of carbonyl (C=O) groups excluding carboxylic acids is 1. The molecule has 24 heavy (non-hydrogen) atoms. The summed E-state index contributed by atoms with van der Waals surface area (Å²) in [4.78, 5) is 9.84. The highest BCUT2D eigenvalue weighted by Crippen LogP contribution is 2.38. The Morgan fingerprint density at radius 1 is 0.958 bits per heavy atom. The summed E-state index contributed by atoms with van der Waals surface area (Å²) in [6, 6.07) is 0. The Kier molecular flexibility index (Phi) is 24.1. The van der Waals surface area contributed by atoms with Crippen molar-refractivity contribution in [3.05, 3.63) is 12.7 Å². The van der Waals surface area contributed by atoms with Gasteiger partial charge in [0.1, 0.15) is 0 Å². The van der Waals surface area contributed by atoms with Crippen molar-refractivity contribution >= 4 is 21.1 Å². The van der Waals surface area contributed by atoms with Crippen molar-refractivity contribution in [2.24, 2.45) is 0 Å². The van der Waals surface area contributed by atoms with Crippen LogP contribution in [0, 0.1) is 0 Å². The lowest BCUT2D eigenvalue weighted by molar-refractivity contribution is -0.134. The number of hydrogen-bond acceptors (Lipinski definition) is 2. The molecule has 0 saturated carbocycles. The molecular weight excluding hydrogens is 342 g/mol. The van der Waals surface area contributed by atoms with E-state index in [2.05, 4.69) is 32.1 Å². The molecule has 0 N–H and O–H groups in total. The van der Waals surface area contributed by atoms with E-state index in [0.29, 0.717) is 0 Å². The summed E-state index contributed by atoms with van der Waals surface area (Å²) >= 11 is 0. The molecule has 0 bridgehead atoms. The van der Waals surface area contributed by atoms with Crippen LogP contribution in [0.1, 0.15) is 59.3 Å². The zero-order valence-corrected chi connectivity index (χ0v) is 16.6. The molecule has 0 aliphatic carbocycles. The molecule has 0 spiro atoms. The molecule has 0 radical (unpaired) electrons. The van der Waals surface area contributed by atoms with Crippen molar-refractivity contribution in [1.82, 2.24) is 0 Å². The lowest BCUT2D eigenvalue weighted by Crippen LogP contribution is -2.02. The van der Waals surface area contributed by atoms with Gasteiger partial charge in [-0.05, 0) is 19.3 Å². The molecular formula is C16H34BF4O2P. The average molecular weight is 376 g/mol. The van der Waals surface area contributed by atoms with Crippen LogP contribution in [0.3, 0.4) is 0 Å². The maximum atomic E-state index is 9.84. The molecule has 0 aromatic heterocycles. The van der Waals surface area contributed by atoms with Crippen LogP contribution in [0.4, 0.5) is 17.3 Å². The third kappa shape index (κ3) is 37.6. The number of esters is 1. The summed E-state index contributed by atoms with van der Waals surface area (Å²) in [5, 5.41) is 0. The number of rotatable bonds is 10. The summed E-state index contributed by atoms with van der Waals surface area (Å²) < 4.78 is 43.1. The topological polar surface area (TPSA) is 26.3 Å². The van der Waals surface area contributed by atoms with Crippen LogP contribution in [0.15, 0.2) is 12.7 Å². The smallest absolute Gasteiger partial charge is 0.466 e. The maximum Gasteiger partial charge on any atom is 0.673 e. The van der Waals surface area contributed by atoms with Crippen LogP contribution in [-0.2, 0) is 9.53 Å². The molecule has 0 fully saturated rings. The molecule has 0 amide bonds. The molecule has 0 unspecified atom stereocenters. The number of halogens is 4. The van der Waals surface area contributed by atoms with Gasteiger partial charge in [0, 0.05) is 14.0 Å². The quantitative estimate of drug-likeness (QED) is 0.148. The van der Waals surface area contributed by atoms with Crippen LogP contribution in [-0.4, -0.2) is 38.8 Å². The molecule has 0 saturated heterocycles. The van der Waals surface area contributed by atoms with Crippen LogP contribution >= 0.6 is 7.92 Å². The number of hydrogen-bond donors (Lipinski definition) is 0. The zero-order valence-electron chi connectivity index (χ0n) is 15.6. The fraction of sp³-hybridized carbons (Fsp3) is 0.812. The van der Waals surface area contributed by atoms with E-state index in [1.165, 1.54) is 45.6 Å². The molecule has 8 heteroatoms. The Balaban J connectivity index is -0.000000332. The minimum atomic E-state index is -6.00. The second-order valence-corrected chi connectivity index (χ2v) is 8.28. The molecule has 2 nitrogen and oxygen atoms in total. The van der Waals surface area contributed by atoms with Crippen LogP contribution < -0.4 is 0 Å². The van der Waals surface area contributed by atoms with Gasteiger partial charge in [-0.2, -0.15) is 0 Å². The largest absolute Gasteiger partial charge is 0.673 e. The van der Waals surface area contributed by atoms with Gasteiger partial charge in [-0.1, -0.05) is 46.6 Å². The fourth-order valence-corrected chi connectivity index (χ4v) is 5.05. The third-order valence-corrected chi connectivity index (χ3v) is 6.20. The lowest BCUT2D eigenvalue weighted by Gasteiger charge is -2.09. The Morgan fingerprint density at radius 2 is 1.25 bits per heavy atom. The SMILES string of the molecule is C=CC(=O)OC.CCCC[PH+](CCCC)CCCC.F[B-](F)(F)F. The van der Waals surface area contributed by atoms with Gasteiger partial charge in [0.05, 0.1) is 25.6 Å². The predicted molar refractivity (Wildman–Crippen MR) is 100 cm³/mol. The second-order valence-electron chi connectivity index (χ2n) is 5.28. The molecule has 0 aliphatic heterocycles. The molecule has 0 aromatic carbocycles. The Morgan fingerprint density at radius 3 is 1.38 bits per heavy atom. The lowest BCUT2D eigenvalue weighted by atomic mass is 10.3. The van der Waals surface area contributed by atoms with Crippen molar-refractivity contribution in [2.45, 2.75) is 59.3 Å². The first kappa shape index (κ1) is 28.2. The van der Waals surface area contributed by atoms with E-state index >= 15 is 0 Å². The molecule has 0 rings (SSSR count). The molecule has 0 heterocycles. The van der Waals surface area contributed by atoms with E-state index in [-0.39, 0.29) is 7.92 Å². The summed E-state index contributed by atoms with van der Waals surface area (Å²) in [5.41, 5.74) is 0. The second kappa shape index (κ2) is 20.5. The molecule has 0 aliphatic rings. The van der Waals surface area contributed by atoms with Crippen LogP contribution in [0.5, 0.6) is 0 Å². The highest BCUT2D eigenvalue weighted by atomic mass is 31.1. The van der Waals surface area contributed by atoms with Crippen molar-refractivity contribution in [1.29, 1.82) is 0 Å². The zero-order chi connectivity index (χ0) is 19.4. The Hall–Kier alpha value is -0.575. The van der Waals surface area contributed by atoms with Crippen LogP contribution in [0.2, 0.25) is 0 Å². The van der Waals surface area contributed by atoms with Crippen molar-refractivity contribution in [3.8, 4) is 0 Å². The van der Waals surface area contributed by atoms with Crippen molar-refractivity contribution < 1.29 is 26.8 Å². The number of carbonyl (C=O) groups is 1. The Labute approximate surface area is 146 Å². The summed E-state index contributed by atoms with van der Waals surface area (Å²) in [6.45, 7) is 10.1. The maximum absolute atomic E-state index is 9.84. The van der Waals surface area contributed by atoms with Gasteiger partial charge < -0.3 is 22.0 Å². The first-order valence-electron chi connectivity index (χ1n) is 8.57. The summed E-state index contributed by atoms with van der Waals surface area (Å²) in [5.74, 6) is -0.394. The van der Waals surface area contributed by atoms with Gasteiger partial charge in [-0.3, -0.25) is 0 Å². The monoisotopic (exact) mass is 376 g/mol. The van der Waals surface area contributed by atoms with Gasteiger partial charge in [0.15, 0.2) is 0 Å². The van der Waals surface area contributed by atoms with E-state index in [4.69, 9.17) is 0 Å². The van der Waals surface area contributed by atoms with E-state index < -0.39 is 13.2 Å². The first-order chi connectivity index (χ1) is 11.2. The molecule has 0 atom stereocenters. The van der Waals surface area contributed by atoms with E-state index in [9.17, 15) is 22.1 Å². The molecule has 0 aromatic rings. The summed E-state index contributed by atoms with van der Waals surface area (Å²) in [6.07, 6.45) is 14.5. The van der Waals surface area contributed by atoms with Crippen molar-refractivity contribution in [3.63, 3.8) is 0 Å². The number of methoxy groups -OCH3 is 1. The Bertz CT molecular complexity index is 265. The highest BCUT2D eigenvalue weighted by Gasteiger charge is 2.20. The standard InChI is InChI=1S/C12H27P.C4H6O2.BF4/c1-4-7-10-13(11-8-5-2)12-9-6-3;1-3-4(5)6-2;2-1(3,4)5/h4-12H2,1-3H3;3H,1H2,2H3;/q;;-1/p+1. The summed E-state index contributed by atoms with van der Waals surface area (Å²) in [7, 11) is -4.62. The van der Waals surface area contributed by atoms with Gasteiger partial charge in [-0.15, -0.1) is 0 Å². The van der Waals surface area contributed by atoms with E-state index in [0.717, 1.165) is 6.08 Å². The van der Waals surface area contributed by atoms with E-state index in [1.54, 1.807) is 18.5 Å². The van der Waals surface area contributed by atoms with Gasteiger partial charge in [0.2, 0.25) is 0 Å². The van der Waals surface area contributed by atoms with E-state index in [1.807, 2.05) is 0 Å². The van der Waals surface area contributed by atoms with Gasteiger partial charge >= 0.3 is 13.2 Å². The van der Waals surface area contributed by atoms with Gasteiger partial charge in [0.25, 0.3) is 0 Å². The van der Waals surface area contributed by atoms with Crippen LogP contribution in [0.25, 0.3) is 0 Å². The first-order valence-corrected chi connectivity index (χ1v) is 10.7. The minimum absolute atomic E-state index is 0.0675. The van der Waals surface area contributed by atoms with Gasteiger partial charge in [-0.25, -0.2) is 4.79 Å². The van der Waals surface area contributed by atoms with Crippen molar-refractivity contribution in [2.75, 3.05) is 25.6 Å². The average Bonchev–Trinajstić information content (AvgIpc) is 2.52. The number of unbranched alkanes of at least 4 members (excludes halogenated alkanes) is 3. The molecule has 146 valence electrons.